The number of benzene rings is 1. The van der Waals surface area contributed by atoms with Gasteiger partial charge in [0.25, 0.3) is 5.69 Å². The molecule has 0 radical (unpaired) electrons. The van der Waals surface area contributed by atoms with Gasteiger partial charge >= 0.3 is 5.97 Å². The second-order valence-corrected chi connectivity index (χ2v) is 5.41. The number of non-ortho nitro benzene ring substituents is 1. The predicted octanol–water partition coefficient (Wildman–Crippen LogP) is 3.21. The second-order valence-electron chi connectivity index (χ2n) is 5.41. The van der Waals surface area contributed by atoms with Crippen molar-refractivity contribution in [1.82, 2.24) is 0 Å². The number of nitro benzene ring substituents is 1. The maximum absolute atomic E-state index is 12.6. The van der Waals surface area contributed by atoms with Gasteiger partial charge in [-0.1, -0.05) is 12.7 Å². The van der Waals surface area contributed by atoms with Gasteiger partial charge in [0.2, 0.25) is 5.79 Å². The van der Waals surface area contributed by atoms with Gasteiger partial charge in [-0.05, 0) is 30.5 Å². The summed E-state index contributed by atoms with van der Waals surface area (Å²) in [4.78, 5) is 22.8. The van der Waals surface area contributed by atoms with Gasteiger partial charge in [0.05, 0.1) is 18.5 Å². The highest BCUT2D eigenvalue weighted by Gasteiger charge is 2.54. The topological polar surface area (TPSA) is 78.7 Å². The molecule has 3 aliphatic rings. The van der Waals surface area contributed by atoms with Crippen molar-refractivity contribution < 1.29 is 31.5 Å². The fraction of sp³-hybridized carbons (Fsp3) is 0.471. The molecule has 6 heteroatoms. The third kappa shape index (κ3) is 2.34. The number of carbonyl (C=O) groups is 1. The first-order valence-corrected chi connectivity index (χ1v) is 6.83. The van der Waals surface area contributed by atoms with Crippen LogP contribution in [0.15, 0.2) is 30.3 Å². The minimum atomic E-state index is -3.10. The molecule has 2 spiro atoms. The zero-order valence-corrected chi connectivity index (χ0v) is 11.7. The Morgan fingerprint density at radius 2 is 2.09 bits per heavy atom. The third-order valence-electron chi connectivity index (χ3n) is 3.80. The maximum atomic E-state index is 12.6. The maximum Gasteiger partial charge on any atom is 0.341 e. The molecular formula is C17H17NO5. The van der Waals surface area contributed by atoms with Gasteiger partial charge in [-0.15, -0.1) is 0 Å². The molecule has 2 aliphatic heterocycles. The van der Waals surface area contributed by atoms with Crippen LogP contribution in [-0.4, -0.2) is 23.3 Å². The normalized spacial score (nSPS) is 47.5. The Kier molecular flexibility index (Phi) is 1.61. The lowest BCUT2D eigenvalue weighted by Crippen LogP contribution is -2.28. The minimum Gasteiger partial charge on any atom is -0.426 e. The van der Waals surface area contributed by atoms with Crippen molar-refractivity contribution in [3.05, 3.63) is 46.0 Å². The van der Waals surface area contributed by atoms with Crippen LogP contribution >= 0.6 is 0 Å². The van der Waals surface area contributed by atoms with E-state index in [9.17, 15) is 14.9 Å². The number of rotatable bonds is 2. The molecule has 2 unspecified atom stereocenters. The Bertz CT molecular complexity index is 1070. The van der Waals surface area contributed by atoms with E-state index in [2.05, 4.69) is 0 Å². The molecule has 2 fully saturated rings. The van der Waals surface area contributed by atoms with Crippen molar-refractivity contribution in [2.24, 2.45) is 5.41 Å². The summed E-state index contributed by atoms with van der Waals surface area (Å²) in [7, 11) is 0. The highest BCUT2D eigenvalue weighted by atomic mass is 16.7. The van der Waals surface area contributed by atoms with Gasteiger partial charge in [0.1, 0.15) is 0 Å². The van der Waals surface area contributed by atoms with Crippen molar-refractivity contribution in [3.63, 3.8) is 0 Å². The van der Waals surface area contributed by atoms with Crippen LogP contribution < -0.4 is 0 Å². The number of nitro groups is 1. The standard InChI is InChI=1S/C17H17NO5/c19-15-14(12-3-5-13(6-4-12)18(20)21)9-17(23-15)10-16(11-22-17)7-1-2-8-16/h3-6,9H,1-2,7-8,10-11H2/i1D2,2D2,7D2,9D,10D2. The van der Waals surface area contributed by atoms with Crippen LogP contribution in [0.5, 0.6) is 0 Å². The molecule has 0 bridgehead atoms. The SMILES string of the molecule is [2H]C1=C(c2ccc([N+](=O)[O-])cc2)C(=O)OC12OCC1(CC([2H])([2H])C([2H])([2H])C1([2H])[2H])C2([2H])[2H]. The predicted molar refractivity (Wildman–Crippen MR) is 81.4 cm³/mol. The largest absolute Gasteiger partial charge is 0.426 e. The van der Waals surface area contributed by atoms with Crippen LogP contribution in [0, 0.1) is 15.5 Å². The molecule has 0 amide bonds. The molecule has 6 nitrogen and oxygen atoms in total. The molecular weight excluding hydrogens is 298 g/mol. The highest BCUT2D eigenvalue weighted by molar-refractivity contribution is 6.18. The van der Waals surface area contributed by atoms with E-state index in [0.29, 0.717) is 0 Å². The van der Waals surface area contributed by atoms with Gasteiger partial charge < -0.3 is 9.47 Å². The average molecular weight is 324 g/mol. The summed E-state index contributed by atoms with van der Waals surface area (Å²) >= 11 is 0. The molecule has 2 atom stereocenters. The summed E-state index contributed by atoms with van der Waals surface area (Å²) in [5.74, 6) is -3.90. The van der Waals surface area contributed by atoms with E-state index in [4.69, 9.17) is 21.8 Å². The molecule has 1 aromatic carbocycles. The number of hydrogen-bond donors (Lipinski definition) is 0. The Labute approximate surface area is 145 Å². The molecule has 1 saturated carbocycles. The summed E-state index contributed by atoms with van der Waals surface area (Å²) in [6.45, 7) is -0.838. The van der Waals surface area contributed by atoms with E-state index < -0.39 is 72.2 Å². The van der Waals surface area contributed by atoms with Crippen LogP contribution in [0.1, 0.15) is 49.8 Å². The van der Waals surface area contributed by atoms with Crippen molar-refractivity contribution in [2.75, 3.05) is 6.61 Å². The Balaban J connectivity index is 1.86. The lowest BCUT2D eigenvalue weighted by molar-refractivity contribution is -0.384. The number of nitrogens with zero attached hydrogens (tertiary/aromatic N) is 1. The Morgan fingerprint density at radius 3 is 2.74 bits per heavy atom. The molecule has 1 aromatic rings. The first-order chi connectivity index (χ1) is 14.5. The first-order valence-electron chi connectivity index (χ1n) is 11.3. The van der Waals surface area contributed by atoms with Gasteiger partial charge in [0.15, 0.2) is 0 Å². The smallest absolute Gasteiger partial charge is 0.341 e. The Morgan fingerprint density at radius 1 is 1.30 bits per heavy atom. The molecule has 1 aliphatic carbocycles. The lowest BCUT2D eigenvalue weighted by Gasteiger charge is -2.22. The molecule has 4 rings (SSSR count). The van der Waals surface area contributed by atoms with Gasteiger partial charge in [-0.2, -0.15) is 0 Å². The van der Waals surface area contributed by atoms with Crippen molar-refractivity contribution in [3.8, 4) is 0 Å². The van der Waals surface area contributed by atoms with Crippen LogP contribution in [0.25, 0.3) is 5.57 Å². The van der Waals surface area contributed by atoms with Crippen LogP contribution in [-0.2, 0) is 14.3 Å². The van der Waals surface area contributed by atoms with Crippen LogP contribution in [0.3, 0.4) is 0 Å². The van der Waals surface area contributed by atoms with Gasteiger partial charge in [0, 0.05) is 40.9 Å². The summed E-state index contributed by atoms with van der Waals surface area (Å²) in [6.07, 6.45) is -12.9. The quantitative estimate of drug-likeness (QED) is 0.474. The summed E-state index contributed by atoms with van der Waals surface area (Å²) < 4.78 is 85.2. The molecule has 1 saturated heterocycles. The average Bonchev–Trinajstić information content (AvgIpc) is 3.11. The summed E-state index contributed by atoms with van der Waals surface area (Å²) in [6, 6.07) is 3.72. The highest BCUT2D eigenvalue weighted by Crippen LogP contribution is 2.53. The monoisotopic (exact) mass is 324 g/mol. The van der Waals surface area contributed by atoms with Crippen molar-refractivity contribution in [1.29, 1.82) is 0 Å². The molecule has 120 valence electrons. The Hall–Kier alpha value is -2.21. The minimum absolute atomic E-state index is 0.0166. The zero-order valence-electron chi connectivity index (χ0n) is 20.7. The molecule has 0 N–H and O–H groups in total. The zero-order chi connectivity index (χ0) is 24.1. The molecule has 2 heterocycles. The third-order valence-corrected chi connectivity index (χ3v) is 3.80. The fourth-order valence-electron chi connectivity index (χ4n) is 2.66. The van der Waals surface area contributed by atoms with Gasteiger partial charge in [-0.3, -0.25) is 10.1 Å². The fourth-order valence-corrected chi connectivity index (χ4v) is 2.66. The van der Waals surface area contributed by atoms with E-state index in [-0.39, 0.29) is 11.3 Å². The van der Waals surface area contributed by atoms with E-state index in [1.165, 1.54) is 12.1 Å². The van der Waals surface area contributed by atoms with Gasteiger partial charge in [-0.25, -0.2) is 4.79 Å². The number of ether oxygens (including phenoxy) is 2. The molecule has 0 aromatic heterocycles. The van der Waals surface area contributed by atoms with E-state index in [0.717, 1.165) is 12.1 Å². The summed E-state index contributed by atoms with van der Waals surface area (Å²) in [5.41, 5.74) is -3.12. The number of hydrogen-bond acceptors (Lipinski definition) is 5. The summed E-state index contributed by atoms with van der Waals surface area (Å²) in [5, 5.41) is 10.9. The van der Waals surface area contributed by atoms with Crippen molar-refractivity contribution in [2.45, 2.75) is 37.7 Å². The van der Waals surface area contributed by atoms with E-state index in [1.807, 2.05) is 0 Å². The van der Waals surface area contributed by atoms with Crippen molar-refractivity contribution >= 4 is 17.2 Å². The first kappa shape index (κ1) is 7.57. The van der Waals surface area contributed by atoms with E-state index in [1.54, 1.807) is 0 Å². The van der Waals surface area contributed by atoms with E-state index >= 15 is 0 Å². The molecule has 23 heavy (non-hydrogen) atoms. The van der Waals surface area contributed by atoms with Crippen LogP contribution in [0.2, 0.25) is 0 Å². The number of carbonyl (C=O) groups excluding carboxylic acids is 1. The second kappa shape index (κ2) is 4.89. The van der Waals surface area contributed by atoms with Crippen LogP contribution in [0.4, 0.5) is 5.69 Å². The number of esters is 1. The lowest BCUT2D eigenvalue weighted by atomic mass is 9.83.